The zero-order valence-corrected chi connectivity index (χ0v) is 12.8. The summed E-state index contributed by atoms with van der Waals surface area (Å²) in [5.74, 6) is 1.51. The molecule has 0 aliphatic carbocycles. The monoisotopic (exact) mass is 299 g/mol. The largest absolute Gasteiger partial charge is 0.457 e. The summed E-state index contributed by atoms with van der Waals surface area (Å²) in [6.45, 7) is 4.13. The molecule has 0 saturated carbocycles. The second-order valence-corrected chi connectivity index (χ2v) is 5.06. The molecule has 0 saturated heterocycles. The highest BCUT2D eigenvalue weighted by Crippen LogP contribution is 2.25. The lowest BCUT2D eigenvalue weighted by Crippen LogP contribution is -2.24. The topological polar surface area (TPSA) is 59.6 Å². The molecule has 2 rings (SSSR count). The number of benzene rings is 2. The van der Waals surface area contributed by atoms with Crippen LogP contribution in [0.4, 0.5) is 0 Å². The Morgan fingerprint density at radius 1 is 1.19 bits per heavy atom. The fourth-order valence-corrected chi connectivity index (χ4v) is 1.80. The standard InChI is InChI=1S/C16H17N3OS/c1-11-7-8-14(9-12(11)2)20-15-6-4-3-5-13(15)10-18-19-16(17)21/h3-10H,1-2H3,(H3,17,19,21). The number of rotatable bonds is 4. The zero-order chi connectivity index (χ0) is 15.2. The third-order valence-corrected chi connectivity index (χ3v) is 3.09. The Morgan fingerprint density at radius 2 is 1.95 bits per heavy atom. The van der Waals surface area contributed by atoms with Crippen molar-refractivity contribution in [1.29, 1.82) is 0 Å². The van der Waals surface area contributed by atoms with Gasteiger partial charge in [-0.25, -0.2) is 0 Å². The van der Waals surface area contributed by atoms with E-state index in [0.717, 1.165) is 11.3 Å². The first-order valence-corrected chi connectivity index (χ1v) is 6.90. The van der Waals surface area contributed by atoms with Crippen LogP contribution < -0.4 is 15.9 Å². The van der Waals surface area contributed by atoms with Crippen molar-refractivity contribution >= 4 is 23.5 Å². The Kier molecular flexibility index (Phi) is 4.90. The summed E-state index contributed by atoms with van der Waals surface area (Å²) >= 11 is 4.70. The van der Waals surface area contributed by atoms with E-state index in [0.29, 0.717) is 5.75 Å². The third-order valence-electron chi connectivity index (χ3n) is 3.00. The molecule has 0 spiro atoms. The highest BCUT2D eigenvalue weighted by molar-refractivity contribution is 7.80. The second kappa shape index (κ2) is 6.85. The Bertz CT molecular complexity index is 683. The number of hydrogen-bond acceptors (Lipinski definition) is 3. The zero-order valence-electron chi connectivity index (χ0n) is 12.0. The Morgan fingerprint density at radius 3 is 2.67 bits per heavy atom. The van der Waals surface area contributed by atoms with Crippen LogP contribution in [0.15, 0.2) is 47.6 Å². The number of aryl methyl sites for hydroxylation is 2. The molecule has 0 atom stereocenters. The van der Waals surface area contributed by atoms with E-state index in [2.05, 4.69) is 24.4 Å². The first-order valence-electron chi connectivity index (χ1n) is 6.49. The average molecular weight is 299 g/mol. The van der Waals surface area contributed by atoms with Crippen molar-refractivity contribution in [3.8, 4) is 11.5 Å². The number of nitrogens with zero attached hydrogens (tertiary/aromatic N) is 1. The van der Waals surface area contributed by atoms with E-state index in [1.807, 2.05) is 42.5 Å². The van der Waals surface area contributed by atoms with Gasteiger partial charge in [-0.05, 0) is 61.5 Å². The molecule has 108 valence electrons. The maximum Gasteiger partial charge on any atom is 0.184 e. The van der Waals surface area contributed by atoms with Gasteiger partial charge in [0.05, 0.1) is 6.21 Å². The molecule has 0 amide bonds. The van der Waals surface area contributed by atoms with Gasteiger partial charge in [0.15, 0.2) is 5.11 Å². The Hall–Kier alpha value is -2.40. The van der Waals surface area contributed by atoms with E-state index in [1.165, 1.54) is 11.1 Å². The maximum absolute atomic E-state index is 5.92. The van der Waals surface area contributed by atoms with Gasteiger partial charge in [0.25, 0.3) is 0 Å². The van der Waals surface area contributed by atoms with E-state index in [9.17, 15) is 0 Å². The minimum atomic E-state index is 0.124. The summed E-state index contributed by atoms with van der Waals surface area (Å²) in [6, 6.07) is 13.6. The maximum atomic E-state index is 5.92. The minimum absolute atomic E-state index is 0.124. The quantitative estimate of drug-likeness (QED) is 0.517. The molecule has 0 aromatic heterocycles. The van der Waals surface area contributed by atoms with E-state index < -0.39 is 0 Å². The molecule has 2 aromatic rings. The van der Waals surface area contributed by atoms with Crippen molar-refractivity contribution in [3.63, 3.8) is 0 Å². The molecule has 0 unspecified atom stereocenters. The van der Waals surface area contributed by atoms with E-state index in [-0.39, 0.29) is 5.11 Å². The molecule has 0 aliphatic heterocycles. The Balaban J connectivity index is 2.21. The fourth-order valence-electron chi connectivity index (χ4n) is 1.75. The van der Waals surface area contributed by atoms with Gasteiger partial charge in [0.2, 0.25) is 0 Å². The number of nitrogens with one attached hydrogen (secondary N) is 1. The number of hydrazone groups is 1. The molecule has 5 heteroatoms. The highest BCUT2D eigenvalue weighted by atomic mass is 32.1. The number of nitrogens with two attached hydrogens (primary N) is 1. The summed E-state index contributed by atoms with van der Waals surface area (Å²) < 4.78 is 5.92. The van der Waals surface area contributed by atoms with Gasteiger partial charge in [-0.3, -0.25) is 5.43 Å². The number of hydrogen-bond donors (Lipinski definition) is 2. The molecular weight excluding hydrogens is 282 g/mol. The molecule has 0 aliphatic rings. The van der Waals surface area contributed by atoms with Crippen molar-refractivity contribution in [2.75, 3.05) is 0 Å². The lowest BCUT2D eigenvalue weighted by atomic mass is 10.1. The molecule has 0 bridgehead atoms. The van der Waals surface area contributed by atoms with Crippen LogP contribution >= 0.6 is 12.2 Å². The SMILES string of the molecule is Cc1ccc(Oc2ccccc2C=NNC(N)=S)cc1C. The predicted octanol–water partition coefficient (Wildman–Crippen LogP) is 3.26. The van der Waals surface area contributed by atoms with E-state index in [4.69, 9.17) is 22.7 Å². The first kappa shape index (κ1) is 15.0. The third kappa shape index (κ3) is 4.29. The molecule has 3 N–H and O–H groups in total. The fraction of sp³-hybridized carbons (Fsp3) is 0.125. The van der Waals surface area contributed by atoms with E-state index in [1.54, 1.807) is 6.21 Å². The minimum Gasteiger partial charge on any atom is -0.457 e. The summed E-state index contributed by atoms with van der Waals surface area (Å²) in [7, 11) is 0. The van der Waals surface area contributed by atoms with Gasteiger partial charge in [-0.1, -0.05) is 18.2 Å². The number of ether oxygens (including phenoxy) is 1. The predicted molar refractivity (Wildman–Crippen MR) is 89.9 cm³/mol. The average Bonchev–Trinajstić information content (AvgIpc) is 2.44. The Labute approximate surface area is 129 Å². The summed E-state index contributed by atoms with van der Waals surface area (Å²) in [5.41, 5.74) is 11.1. The molecule has 0 fully saturated rings. The van der Waals surface area contributed by atoms with Crippen LogP contribution in [0.25, 0.3) is 0 Å². The van der Waals surface area contributed by atoms with Crippen LogP contribution in [0, 0.1) is 13.8 Å². The number of thiocarbonyl (C=S) groups is 1. The van der Waals surface area contributed by atoms with Gasteiger partial charge in [-0.15, -0.1) is 0 Å². The van der Waals surface area contributed by atoms with Gasteiger partial charge in [0, 0.05) is 5.56 Å². The molecule has 0 radical (unpaired) electrons. The molecular formula is C16H17N3OS. The van der Waals surface area contributed by atoms with Crippen molar-refractivity contribution in [2.24, 2.45) is 10.8 Å². The molecule has 2 aromatic carbocycles. The van der Waals surface area contributed by atoms with Crippen molar-refractivity contribution in [1.82, 2.24) is 5.43 Å². The van der Waals surface area contributed by atoms with Gasteiger partial charge in [-0.2, -0.15) is 5.10 Å². The van der Waals surface area contributed by atoms with Crippen molar-refractivity contribution in [3.05, 3.63) is 59.2 Å². The summed E-state index contributed by atoms with van der Waals surface area (Å²) in [4.78, 5) is 0. The van der Waals surface area contributed by atoms with E-state index >= 15 is 0 Å². The van der Waals surface area contributed by atoms with Crippen molar-refractivity contribution < 1.29 is 4.74 Å². The lowest BCUT2D eigenvalue weighted by Gasteiger charge is -2.10. The summed E-state index contributed by atoms with van der Waals surface area (Å²) in [5, 5.41) is 4.08. The van der Waals surface area contributed by atoms with Crippen LogP contribution in [0.2, 0.25) is 0 Å². The van der Waals surface area contributed by atoms with Crippen LogP contribution in [0.5, 0.6) is 11.5 Å². The summed E-state index contributed by atoms with van der Waals surface area (Å²) in [6.07, 6.45) is 1.62. The highest BCUT2D eigenvalue weighted by Gasteiger charge is 2.03. The lowest BCUT2D eigenvalue weighted by molar-refractivity contribution is 0.481. The van der Waals surface area contributed by atoms with Gasteiger partial charge >= 0.3 is 0 Å². The van der Waals surface area contributed by atoms with Crippen molar-refractivity contribution in [2.45, 2.75) is 13.8 Å². The molecule has 0 heterocycles. The second-order valence-electron chi connectivity index (χ2n) is 4.62. The first-order chi connectivity index (χ1) is 10.1. The van der Waals surface area contributed by atoms with Crippen LogP contribution in [0.3, 0.4) is 0 Å². The van der Waals surface area contributed by atoms with Crippen LogP contribution in [-0.2, 0) is 0 Å². The molecule has 4 nitrogen and oxygen atoms in total. The van der Waals surface area contributed by atoms with Gasteiger partial charge < -0.3 is 10.5 Å². The van der Waals surface area contributed by atoms with Crippen LogP contribution in [0.1, 0.15) is 16.7 Å². The smallest absolute Gasteiger partial charge is 0.184 e. The van der Waals surface area contributed by atoms with Gasteiger partial charge in [0.1, 0.15) is 11.5 Å². The van der Waals surface area contributed by atoms with Crippen LogP contribution in [-0.4, -0.2) is 11.3 Å². The molecule has 21 heavy (non-hydrogen) atoms. The number of para-hydroxylation sites is 1. The normalized spacial score (nSPS) is 10.6.